The van der Waals surface area contributed by atoms with Gasteiger partial charge in [-0.2, -0.15) is 11.3 Å². The quantitative estimate of drug-likeness (QED) is 0.941. The van der Waals surface area contributed by atoms with Crippen LogP contribution in [0.1, 0.15) is 30.8 Å². The van der Waals surface area contributed by atoms with Crippen molar-refractivity contribution in [3.63, 3.8) is 0 Å². The van der Waals surface area contributed by atoms with Crippen LogP contribution in [0.15, 0.2) is 27.6 Å². The molecule has 86 valence electrons. The van der Waals surface area contributed by atoms with Gasteiger partial charge in [-0.15, -0.1) is 0 Å². The molecule has 16 heavy (non-hydrogen) atoms. The fourth-order valence-corrected chi connectivity index (χ4v) is 2.96. The van der Waals surface area contributed by atoms with Gasteiger partial charge < -0.3 is 9.67 Å². The van der Waals surface area contributed by atoms with E-state index in [0.29, 0.717) is 6.42 Å². The first kappa shape index (κ1) is 11.8. The maximum absolute atomic E-state index is 9.80. The normalized spacial score (nSPS) is 12.9. The number of rotatable bonds is 4. The zero-order chi connectivity index (χ0) is 11.5. The lowest BCUT2D eigenvalue weighted by atomic mass is 10.2. The van der Waals surface area contributed by atoms with Crippen LogP contribution in [0.3, 0.4) is 0 Å². The lowest BCUT2D eigenvalue weighted by Gasteiger charge is -2.11. The van der Waals surface area contributed by atoms with E-state index in [0.717, 1.165) is 16.8 Å². The highest BCUT2D eigenvalue weighted by atomic mass is 79.9. The first-order chi connectivity index (χ1) is 7.72. The van der Waals surface area contributed by atoms with Crippen molar-refractivity contribution in [1.29, 1.82) is 0 Å². The third-order valence-corrected chi connectivity index (χ3v) is 4.30. The molecule has 0 saturated carbocycles. The number of imidazole rings is 1. The van der Waals surface area contributed by atoms with Gasteiger partial charge in [0, 0.05) is 22.2 Å². The van der Waals surface area contributed by atoms with E-state index in [9.17, 15) is 5.11 Å². The molecule has 1 atom stereocenters. The first-order valence-electron chi connectivity index (χ1n) is 5.12. The molecule has 0 bridgehead atoms. The number of aliphatic hydroxyl groups is 1. The number of aromatic nitrogens is 2. The van der Waals surface area contributed by atoms with Gasteiger partial charge in [-0.3, -0.25) is 0 Å². The molecule has 2 aromatic rings. The molecule has 0 aromatic carbocycles. The average molecular weight is 301 g/mol. The second-order valence-corrected chi connectivity index (χ2v) is 5.18. The van der Waals surface area contributed by atoms with Gasteiger partial charge in [0.05, 0.1) is 6.54 Å². The van der Waals surface area contributed by atoms with E-state index in [1.165, 1.54) is 5.56 Å². The van der Waals surface area contributed by atoms with E-state index in [1.54, 1.807) is 17.5 Å². The Morgan fingerprint density at radius 3 is 3.00 bits per heavy atom. The highest BCUT2D eigenvalue weighted by molar-refractivity contribution is 9.10. The fourth-order valence-electron chi connectivity index (χ4n) is 1.54. The van der Waals surface area contributed by atoms with Crippen LogP contribution < -0.4 is 0 Å². The Bertz CT molecular complexity index is 466. The zero-order valence-electron chi connectivity index (χ0n) is 8.93. The molecule has 0 fully saturated rings. The molecular formula is C11H13BrN2OS. The molecule has 0 amide bonds. The lowest BCUT2D eigenvalue weighted by molar-refractivity contribution is 0.159. The topological polar surface area (TPSA) is 38.1 Å². The van der Waals surface area contributed by atoms with E-state index in [2.05, 4.69) is 31.7 Å². The van der Waals surface area contributed by atoms with Crippen LogP contribution in [-0.4, -0.2) is 14.7 Å². The Hall–Kier alpha value is -0.650. The summed E-state index contributed by atoms with van der Waals surface area (Å²) in [6.07, 6.45) is 3.83. The Morgan fingerprint density at radius 2 is 2.38 bits per heavy atom. The number of aliphatic hydroxyl groups excluding tert-OH is 1. The second-order valence-electron chi connectivity index (χ2n) is 3.58. The van der Waals surface area contributed by atoms with E-state index >= 15 is 0 Å². The van der Waals surface area contributed by atoms with Crippen LogP contribution in [0, 0.1) is 0 Å². The maximum atomic E-state index is 9.80. The summed E-state index contributed by atoms with van der Waals surface area (Å²) in [4.78, 5) is 4.20. The number of hydrogen-bond donors (Lipinski definition) is 1. The Kier molecular flexibility index (Phi) is 3.78. The first-order valence-corrected chi connectivity index (χ1v) is 6.85. The summed E-state index contributed by atoms with van der Waals surface area (Å²) in [6, 6.07) is 0. The summed E-state index contributed by atoms with van der Waals surface area (Å²) in [7, 11) is 0. The molecule has 2 aromatic heterocycles. The van der Waals surface area contributed by atoms with Crippen molar-refractivity contribution >= 4 is 27.3 Å². The van der Waals surface area contributed by atoms with Crippen molar-refractivity contribution in [3.8, 4) is 0 Å². The number of thiophene rings is 1. The summed E-state index contributed by atoms with van der Waals surface area (Å²) in [5, 5.41) is 14.0. The zero-order valence-corrected chi connectivity index (χ0v) is 11.3. The van der Waals surface area contributed by atoms with Crippen molar-refractivity contribution in [2.24, 2.45) is 0 Å². The minimum absolute atomic E-state index is 0.479. The molecule has 5 heteroatoms. The molecule has 0 radical (unpaired) electrons. The summed E-state index contributed by atoms with van der Waals surface area (Å²) >= 11 is 5.17. The van der Waals surface area contributed by atoms with Crippen LogP contribution >= 0.6 is 27.3 Å². The van der Waals surface area contributed by atoms with Gasteiger partial charge in [0.25, 0.3) is 0 Å². The van der Waals surface area contributed by atoms with Crippen molar-refractivity contribution < 1.29 is 5.11 Å². The summed E-state index contributed by atoms with van der Waals surface area (Å²) in [5.74, 6) is 0.737. The molecular weight excluding hydrogens is 288 g/mol. The third-order valence-electron chi connectivity index (χ3n) is 2.46. The van der Waals surface area contributed by atoms with Gasteiger partial charge in [-0.25, -0.2) is 4.98 Å². The largest absolute Gasteiger partial charge is 0.385 e. The molecule has 1 unspecified atom stereocenters. The molecule has 0 spiro atoms. The Labute approximate surface area is 107 Å². The summed E-state index contributed by atoms with van der Waals surface area (Å²) < 4.78 is 3.10. The maximum Gasteiger partial charge on any atom is 0.137 e. The van der Waals surface area contributed by atoms with E-state index in [1.807, 2.05) is 17.7 Å². The van der Waals surface area contributed by atoms with E-state index in [-0.39, 0.29) is 0 Å². The number of hydrogen-bond acceptors (Lipinski definition) is 3. The highest BCUT2D eigenvalue weighted by Crippen LogP contribution is 2.23. The standard InChI is InChI=1S/C11H13BrN2OS/c1-2-10(15)11-13-3-4-14(11)5-8-6-16-7-9(8)12/h3-4,6-7,10,15H,2,5H2,1H3. The second kappa shape index (κ2) is 5.12. The van der Waals surface area contributed by atoms with Crippen molar-refractivity contribution in [2.45, 2.75) is 26.0 Å². The molecule has 2 heterocycles. The van der Waals surface area contributed by atoms with Gasteiger partial charge in [0.15, 0.2) is 0 Å². The molecule has 2 rings (SSSR count). The lowest BCUT2D eigenvalue weighted by Crippen LogP contribution is -2.08. The van der Waals surface area contributed by atoms with Crippen molar-refractivity contribution in [2.75, 3.05) is 0 Å². The predicted molar refractivity (Wildman–Crippen MR) is 68.6 cm³/mol. The number of halogens is 1. The van der Waals surface area contributed by atoms with E-state index in [4.69, 9.17) is 0 Å². The van der Waals surface area contributed by atoms with Crippen LogP contribution in [0.5, 0.6) is 0 Å². The van der Waals surface area contributed by atoms with Crippen molar-refractivity contribution in [1.82, 2.24) is 9.55 Å². The Morgan fingerprint density at radius 1 is 1.56 bits per heavy atom. The molecule has 0 aliphatic carbocycles. The summed E-state index contributed by atoms with van der Waals surface area (Å²) in [5.41, 5.74) is 1.22. The molecule has 3 nitrogen and oxygen atoms in total. The van der Waals surface area contributed by atoms with Crippen LogP contribution in [0.25, 0.3) is 0 Å². The Balaban J connectivity index is 2.22. The number of nitrogens with zero attached hydrogens (tertiary/aromatic N) is 2. The van der Waals surface area contributed by atoms with E-state index < -0.39 is 6.10 Å². The minimum atomic E-state index is -0.479. The highest BCUT2D eigenvalue weighted by Gasteiger charge is 2.12. The van der Waals surface area contributed by atoms with Gasteiger partial charge in [0.1, 0.15) is 11.9 Å². The third kappa shape index (κ3) is 2.36. The van der Waals surface area contributed by atoms with Crippen molar-refractivity contribution in [3.05, 3.63) is 39.0 Å². The fraction of sp³-hybridized carbons (Fsp3) is 0.364. The predicted octanol–water partition coefficient (Wildman–Crippen LogP) is 3.20. The molecule has 0 aliphatic rings. The minimum Gasteiger partial charge on any atom is -0.385 e. The van der Waals surface area contributed by atoms with Crippen LogP contribution in [-0.2, 0) is 6.54 Å². The monoisotopic (exact) mass is 300 g/mol. The molecule has 1 N–H and O–H groups in total. The van der Waals surface area contributed by atoms with Crippen LogP contribution in [0.4, 0.5) is 0 Å². The smallest absolute Gasteiger partial charge is 0.137 e. The van der Waals surface area contributed by atoms with Crippen LogP contribution in [0.2, 0.25) is 0 Å². The van der Waals surface area contributed by atoms with Gasteiger partial charge in [-0.1, -0.05) is 6.92 Å². The van der Waals surface area contributed by atoms with Gasteiger partial charge >= 0.3 is 0 Å². The van der Waals surface area contributed by atoms with Gasteiger partial charge in [0.2, 0.25) is 0 Å². The molecule has 0 aliphatic heterocycles. The summed E-state index contributed by atoms with van der Waals surface area (Å²) in [6.45, 7) is 2.70. The SMILES string of the molecule is CCC(O)c1nccn1Cc1cscc1Br. The molecule has 0 saturated heterocycles. The average Bonchev–Trinajstić information content (AvgIpc) is 2.88. The van der Waals surface area contributed by atoms with Gasteiger partial charge in [-0.05, 0) is 33.3 Å².